The maximum Gasteiger partial charge on any atom is 0.240 e. The molecule has 1 unspecified atom stereocenters. The van der Waals surface area contributed by atoms with Crippen molar-refractivity contribution < 1.29 is 17.5 Å². The molecule has 2 heterocycles. The fourth-order valence-corrected chi connectivity index (χ4v) is 5.06. The molecule has 4 rings (SSSR count). The molecule has 1 atom stereocenters. The summed E-state index contributed by atoms with van der Waals surface area (Å²) >= 11 is 0. The van der Waals surface area contributed by atoms with Crippen LogP contribution in [0, 0.1) is 5.82 Å². The quantitative estimate of drug-likeness (QED) is 0.778. The fourth-order valence-electron chi connectivity index (χ4n) is 4.03. The lowest BCUT2D eigenvalue weighted by Gasteiger charge is -2.35. The second-order valence-corrected chi connectivity index (χ2v) is 9.30. The normalized spacial score (nSPS) is 18.6. The number of sulfonamides is 1. The first kappa shape index (κ1) is 20.3. The number of benzene rings is 2. The van der Waals surface area contributed by atoms with Crippen molar-refractivity contribution in [3.8, 4) is 0 Å². The van der Waals surface area contributed by atoms with Gasteiger partial charge in [-0.1, -0.05) is 12.1 Å². The van der Waals surface area contributed by atoms with Crippen LogP contribution in [-0.4, -0.2) is 59.8 Å². The second-order valence-electron chi connectivity index (χ2n) is 7.53. The van der Waals surface area contributed by atoms with Crippen LogP contribution < -0.4 is 9.62 Å². The number of nitrogens with zero attached hydrogens (tertiary/aromatic N) is 2. The first-order valence-electron chi connectivity index (χ1n) is 9.85. The molecular formula is C21H26FN3O3S. The average Bonchev–Trinajstić information content (AvgIpc) is 3.09. The molecule has 1 N–H and O–H groups in total. The van der Waals surface area contributed by atoms with Crippen LogP contribution in [-0.2, 0) is 21.2 Å². The predicted octanol–water partition coefficient (Wildman–Crippen LogP) is 2.17. The van der Waals surface area contributed by atoms with Crippen molar-refractivity contribution in [3.63, 3.8) is 0 Å². The van der Waals surface area contributed by atoms with E-state index in [1.165, 1.54) is 23.4 Å². The highest BCUT2D eigenvalue weighted by Crippen LogP contribution is 2.31. The third kappa shape index (κ3) is 4.45. The summed E-state index contributed by atoms with van der Waals surface area (Å²) in [5, 5.41) is 0. The lowest BCUT2D eigenvalue weighted by molar-refractivity contribution is 0.0172. The van der Waals surface area contributed by atoms with Gasteiger partial charge >= 0.3 is 0 Å². The number of anilines is 1. The Bertz CT molecular complexity index is 960. The van der Waals surface area contributed by atoms with Crippen LogP contribution in [0.5, 0.6) is 0 Å². The molecule has 2 aliphatic heterocycles. The molecule has 0 saturated carbocycles. The van der Waals surface area contributed by atoms with Gasteiger partial charge in [-0.05, 0) is 47.9 Å². The van der Waals surface area contributed by atoms with Gasteiger partial charge < -0.3 is 9.64 Å². The highest BCUT2D eigenvalue weighted by molar-refractivity contribution is 7.89. The van der Waals surface area contributed by atoms with Gasteiger partial charge in [-0.15, -0.1) is 0 Å². The van der Waals surface area contributed by atoms with Gasteiger partial charge in [0.1, 0.15) is 5.82 Å². The van der Waals surface area contributed by atoms with E-state index in [1.54, 1.807) is 0 Å². The standard InChI is InChI=1S/C21H26FN3O3S/c1-24-9-8-17-14-16(2-7-20(17)24)21(25-10-12-28-13-11-25)15-23-29(26,27)19-5-3-18(22)4-6-19/h2-7,14,21,23H,8-13,15H2,1H3. The second kappa shape index (κ2) is 8.39. The smallest absolute Gasteiger partial charge is 0.240 e. The molecule has 0 radical (unpaired) electrons. The van der Waals surface area contributed by atoms with Gasteiger partial charge in [0, 0.05) is 45.0 Å². The van der Waals surface area contributed by atoms with Crippen molar-refractivity contribution >= 4 is 15.7 Å². The lowest BCUT2D eigenvalue weighted by Crippen LogP contribution is -2.43. The Morgan fingerprint density at radius 2 is 1.83 bits per heavy atom. The highest BCUT2D eigenvalue weighted by atomic mass is 32.2. The molecule has 8 heteroatoms. The number of morpholine rings is 1. The SMILES string of the molecule is CN1CCc2cc(C(CNS(=O)(=O)c3ccc(F)cc3)N3CCOCC3)ccc21. The van der Waals surface area contributed by atoms with Crippen molar-refractivity contribution in [2.75, 3.05) is 51.3 Å². The Hall–Kier alpha value is -2.00. The van der Waals surface area contributed by atoms with E-state index in [9.17, 15) is 12.8 Å². The number of fused-ring (bicyclic) bond motifs is 1. The van der Waals surface area contributed by atoms with E-state index in [-0.39, 0.29) is 17.5 Å². The van der Waals surface area contributed by atoms with Gasteiger partial charge in [0.2, 0.25) is 10.0 Å². The van der Waals surface area contributed by atoms with Crippen molar-refractivity contribution in [1.29, 1.82) is 0 Å². The summed E-state index contributed by atoms with van der Waals surface area (Å²) in [5.41, 5.74) is 3.63. The largest absolute Gasteiger partial charge is 0.379 e. The average molecular weight is 420 g/mol. The van der Waals surface area contributed by atoms with Gasteiger partial charge in [0.05, 0.1) is 18.1 Å². The van der Waals surface area contributed by atoms with Gasteiger partial charge in [-0.3, -0.25) is 4.90 Å². The zero-order valence-electron chi connectivity index (χ0n) is 16.5. The summed E-state index contributed by atoms with van der Waals surface area (Å²) < 4.78 is 46.8. The van der Waals surface area contributed by atoms with Gasteiger partial charge in [-0.2, -0.15) is 0 Å². The number of ether oxygens (including phenoxy) is 1. The molecule has 2 aliphatic rings. The molecule has 1 saturated heterocycles. The maximum absolute atomic E-state index is 13.2. The van der Waals surface area contributed by atoms with Gasteiger partial charge in [0.25, 0.3) is 0 Å². The Labute approximate surface area is 171 Å². The van der Waals surface area contributed by atoms with Crippen molar-refractivity contribution in [1.82, 2.24) is 9.62 Å². The van der Waals surface area contributed by atoms with E-state index in [0.717, 1.165) is 43.8 Å². The topological polar surface area (TPSA) is 61.9 Å². The van der Waals surface area contributed by atoms with Gasteiger partial charge in [-0.25, -0.2) is 17.5 Å². The fraction of sp³-hybridized carbons (Fsp3) is 0.429. The minimum Gasteiger partial charge on any atom is -0.379 e. The Morgan fingerprint density at radius 1 is 1.10 bits per heavy atom. The number of hydrogen-bond acceptors (Lipinski definition) is 5. The molecule has 6 nitrogen and oxygen atoms in total. The van der Waals surface area contributed by atoms with E-state index >= 15 is 0 Å². The maximum atomic E-state index is 13.2. The van der Waals surface area contributed by atoms with Crippen LogP contribution in [0.15, 0.2) is 47.4 Å². The Balaban J connectivity index is 1.57. The summed E-state index contributed by atoms with van der Waals surface area (Å²) in [6.07, 6.45) is 0.997. The zero-order valence-corrected chi connectivity index (χ0v) is 17.3. The number of nitrogens with one attached hydrogen (secondary N) is 1. The van der Waals surface area contributed by atoms with Crippen LogP contribution >= 0.6 is 0 Å². The van der Waals surface area contributed by atoms with Crippen LogP contribution in [0.3, 0.4) is 0 Å². The monoisotopic (exact) mass is 419 g/mol. The van der Waals surface area contributed by atoms with Crippen molar-refractivity contribution in [2.24, 2.45) is 0 Å². The lowest BCUT2D eigenvalue weighted by atomic mass is 10.0. The first-order valence-corrected chi connectivity index (χ1v) is 11.3. The number of likely N-dealkylation sites (N-methyl/N-ethyl adjacent to an activating group) is 1. The third-order valence-corrected chi connectivity index (χ3v) is 7.13. The van der Waals surface area contributed by atoms with Gasteiger partial charge in [0.15, 0.2) is 0 Å². The van der Waals surface area contributed by atoms with Crippen molar-refractivity contribution in [2.45, 2.75) is 17.4 Å². The Kier molecular flexibility index (Phi) is 5.87. The summed E-state index contributed by atoms with van der Waals surface area (Å²) in [5.74, 6) is -0.460. The van der Waals surface area contributed by atoms with E-state index in [1.807, 2.05) is 0 Å². The molecule has 1 fully saturated rings. The predicted molar refractivity (Wildman–Crippen MR) is 110 cm³/mol. The third-order valence-electron chi connectivity index (χ3n) is 5.69. The molecule has 2 aromatic rings. The first-order chi connectivity index (χ1) is 13.9. The van der Waals surface area contributed by atoms with E-state index in [0.29, 0.717) is 13.2 Å². The molecule has 0 aromatic heterocycles. The molecule has 0 amide bonds. The van der Waals surface area contributed by atoms with E-state index in [4.69, 9.17) is 4.74 Å². The van der Waals surface area contributed by atoms with E-state index < -0.39 is 15.8 Å². The summed E-state index contributed by atoms with van der Waals surface area (Å²) in [4.78, 5) is 4.56. The number of hydrogen-bond donors (Lipinski definition) is 1. The van der Waals surface area contributed by atoms with Crippen LogP contribution in [0.2, 0.25) is 0 Å². The minimum atomic E-state index is -3.72. The van der Waals surface area contributed by atoms with Crippen molar-refractivity contribution in [3.05, 3.63) is 59.4 Å². The van der Waals surface area contributed by atoms with Crippen LogP contribution in [0.25, 0.3) is 0 Å². The van der Waals surface area contributed by atoms with E-state index in [2.05, 4.69) is 39.8 Å². The molecule has 0 spiro atoms. The molecule has 29 heavy (non-hydrogen) atoms. The summed E-state index contributed by atoms with van der Waals surface area (Å²) in [6, 6.07) is 11.2. The van der Waals surface area contributed by atoms with Crippen LogP contribution in [0.4, 0.5) is 10.1 Å². The number of halogens is 1. The summed E-state index contributed by atoms with van der Waals surface area (Å²) in [7, 11) is -1.64. The minimum absolute atomic E-state index is 0.0650. The van der Waals surface area contributed by atoms with Crippen LogP contribution in [0.1, 0.15) is 17.2 Å². The summed E-state index contributed by atoms with van der Waals surface area (Å²) in [6.45, 7) is 4.01. The molecule has 2 aromatic carbocycles. The zero-order chi connectivity index (χ0) is 20.4. The Morgan fingerprint density at radius 3 is 2.55 bits per heavy atom. The number of rotatable bonds is 6. The molecular weight excluding hydrogens is 393 g/mol. The molecule has 156 valence electrons. The molecule has 0 aliphatic carbocycles. The molecule has 0 bridgehead atoms. The highest BCUT2D eigenvalue weighted by Gasteiger charge is 2.27.